The van der Waals surface area contributed by atoms with Gasteiger partial charge >= 0.3 is 0 Å². The summed E-state index contributed by atoms with van der Waals surface area (Å²) < 4.78 is 6.26. The largest absolute Gasteiger partial charge is 0.456 e. The number of para-hydroxylation sites is 1. The Labute approximate surface area is 329 Å². The van der Waals surface area contributed by atoms with Crippen molar-refractivity contribution < 1.29 is 4.42 Å². The molecule has 11 rings (SSSR count). The number of nitrogens with zero attached hydrogens (tertiary/aromatic N) is 3. The molecule has 2 heterocycles. The van der Waals surface area contributed by atoms with Gasteiger partial charge in [-0.2, -0.15) is 0 Å². The molecule has 0 aliphatic rings. The van der Waals surface area contributed by atoms with E-state index in [9.17, 15) is 0 Å². The number of rotatable bonds is 6. The van der Waals surface area contributed by atoms with Gasteiger partial charge in [-0.15, -0.1) is 0 Å². The zero-order valence-corrected chi connectivity index (χ0v) is 30.8. The fourth-order valence-corrected chi connectivity index (χ4v) is 8.11. The summed E-state index contributed by atoms with van der Waals surface area (Å²) >= 11 is 0. The molecule has 0 saturated heterocycles. The monoisotopic (exact) mass is 727 g/mol. The van der Waals surface area contributed by atoms with Gasteiger partial charge in [0.2, 0.25) is 0 Å². The molecule has 266 valence electrons. The predicted octanol–water partition coefficient (Wildman–Crippen LogP) is 14.1. The van der Waals surface area contributed by atoms with Crippen molar-refractivity contribution in [2.24, 2.45) is 0 Å². The third-order valence-electron chi connectivity index (χ3n) is 10.9. The third kappa shape index (κ3) is 5.92. The molecule has 0 radical (unpaired) electrons. The van der Waals surface area contributed by atoms with Crippen LogP contribution < -0.4 is 0 Å². The number of hydrogen-bond donors (Lipinski definition) is 0. The molecule has 11 aromatic rings. The molecule has 0 aliphatic carbocycles. The Morgan fingerprint density at radius 1 is 0.263 bits per heavy atom. The zero-order chi connectivity index (χ0) is 37.7. The van der Waals surface area contributed by atoms with Gasteiger partial charge in [0, 0.05) is 27.5 Å². The van der Waals surface area contributed by atoms with Crippen LogP contribution in [0.5, 0.6) is 0 Å². The van der Waals surface area contributed by atoms with E-state index in [1.165, 1.54) is 21.7 Å². The Balaban J connectivity index is 1.09. The number of furan rings is 1. The summed E-state index contributed by atoms with van der Waals surface area (Å²) in [5, 5.41) is 6.93. The van der Waals surface area contributed by atoms with Crippen molar-refractivity contribution in [3.8, 4) is 67.5 Å². The van der Waals surface area contributed by atoms with Crippen LogP contribution in [0, 0.1) is 0 Å². The van der Waals surface area contributed by atoms with Crippen molar-refractivity contribution in [1.29, 1.82) is 0 Å². The fraction of sp³-hybridized carbons (Fsp3) is 0. The van der Waals surface area contributed by atoms with Gasteiger partial charge in [0.25, 0.3) is 0 Å². The molecule has 0 amide bonds. The molecule has 0 atom stereocenters. The Kier molecular flexibility index (Phi) is 7.78. The Bertz CT molecular complexity index is 3310. The van der Waals surface area contributed by atoms with Gasteiger partial charge in [-0.25, -0.2) is 15.0 Å². The van der Waals surface area contributed by atoms with Gasteiger partial charge in [-0.3, -0.25) is 0 Å². The smallest absolute Gasteiger partial charge is 0.164 e. The van der Waals surface area contributed by atoms with Crippen LogP contribution in [0.3, 0.4) is 0 Å². The summed E-state index contributed by atoms with van der Waals surface area (Å²) in [6, 6.07) is 70.0. The fourth-order valence-electron chi connectivity index (χ4n) is 8.11. The molecule has 4 nitrogen and oxygen atoms in total. The van der Waals surface area contributed by atoms with E-state index in [-0.39, 0.29) is 0 Å². The lowest BCUT2D eigenvalue weighted by atomic mass is 9.95. The molecule has 2 aromatic heterocycles. The van der Waals surface area contributed by atoms with Gasteiger partial charge in [-0.05, 0) is 97.4 Å². The van der Waals surface area contributed by atoms with E-state index in [1.54, 1.807) is 0 Å². The first kappa shape index (κ1) is 32.7. The zero-order valence-electron chi connectivity index (χ0n) is 30.8. The Hall–Kier alpha value is -7.69. The van der Waals surface area contributed by atoms with Crippen molar-refractivity contribution >= 4 is 43.5 Å². The SMILES string of the molecule is c1ccc(-c2cc(-c3nc(-c4cccc(-c5ccc6c(c5)oc5ccccc56)c4)nc(-c4cccc(-c5cccc6ccccc56)c4)n3)cc3ccccc23)cc1. The summed E-state index contributed by atoms with van der Waals surface area (Å²) in [4.78, 5) is 15.7. The van der Waals surface area contributed by atoms with Crippen molar-refractivity contribution in [3.05, 3.63) is 200 Å². The molecule has 0 spiro atoms. The van der Waals surface area contributed by atoms with Crippen LogP contribution in [0.4, 0.5) is 0 Å². The number of benzene rings is 9. The van der Waals surface area contributed by atoms with Gasteiger partial charge in [0.05, 0.1) is 0 Å². The lowest BCUT2D eigenvalue weighted by Crippen LogP contribution is -2.01. The van der Waals surface area contributed by atoms with Crippen molar-refractivity contribution in [3.63, 3.8) is 0 Å². The normalized spacial score (nSPS) is 11.5. The maximum atomic E-state index is 6.26. The molecule has 0 unspecified atom stereocenters. The minimum atomic E-state index is 0.603. The van der Waals surface area contributed by atoms with Crippen molar-refractivity contribution in [2.75, 3.05) is 0 Å². The first-order chi connectivity index (χ1) is 28.2. The lowest BCUT2D eigenvalue weighted by Gasteiger charge is -2.13. The molecule has 57 heavy (non-hydrogen) atoms. The second-order valence-corrected chi connectivity index (χ2v) is 14.4. The summed E-state index contributed by atoms with van der Waals surface area (Å²) in [5.74, 6) is 1.83. The van der Waals surface area contributed by atoms with Gasteiger partial charge in [0.15, 0.2) is 17.5 Å². The number of fused-ring (bicyclic) bond motifs is 5. The van der Waals surface area contributed by atoms with Crippen LogP contribution in [0.25, 0.3) is 111 Å². The molecular formula is C53H33N3O. The minimum absolute atomic E-state index is 0.603. The maximum Gasteiger partial charge on any atom is 0.164 e. The van der Waals surface area contributed by atoms with Crippen molar-refractivity contribution in [2.45, 2.75) is 0 Å². The molecule has 0 fully saturated rings. The van der Waals surface area contributed by atoms with Crippen LogP contribution in [-0.2, 0) is 0 Å². The highest BCUT2D eigenvalue weighted by atomic mass is 16.3. The van der Waals surface area contributed by atoms with Crippen LogP contribution >= 0.6 is 0 Å². The first-order valence-corrected chi connectivity index (χ1v) is 19.2. The molecular weight excluding hydrogens is 695 g/mol. The third-order valence-corrected chi connectivity index (χ3v) is 10.9. The molecule has 4 heteroatoms. The van der Waals surface area contributed by atoms with Gasteiger partial charge in [-0.1, -0.05) is 158 Å². The summed E-state index contributed by atoms with van der Waals surface area (Å²) in [5.41, 5.74) is 11.1. The van der Waals surface area contributed by atoms with E-state index in [1.807, 2.05) is 18.2 Å². The number of aromatic nitrogens is 3. The standard InChI is InChI=1S/C53H33N3O/c1-2-13-35(14-3-1)48-32-42(31-38-16-5-7-23-45(38)48)53-55-51(40-20-10-18-36(29-40)37-27-28-47-46-24-8-9-26-49(46)57-50(47)33-37)54-52(56-53)41-21-11-19-39(30-41)44-25-12-17-34-15-4-6-22-43(34)44/h1-33H. The van der Waals surface area contributed by atoms with E-state index in [0.29, 0.717) is 17.5 Å². The second-order valence-electron chi connectivity index (χ2n) is 14.4. The Morgan fingerprint density at radius 2 is 0.789 bits per heavy atom. The predicted molar refractivity (Wildman–Crippen MR) is 235 cm³/mol. The average Bonchev–Trinajstić information content (AvgIpc) is 3.67. The highest BCUT2D eigenvalue weighted by Gasteiger charge is 2.17. The molecule has 0 N–H and O–H groups in total. The van der Waals surface area contributed by atoms with E-state index < -0.39 is 0 Å². The molecule has 0 saturated carbocycles. The van der Waals surface area contributed by atoms with Crippen LogP contribution in [0.1, 0.15) is 0 Å². The second kappa shape index (κ2) is 13.6. The summed E-state index contributed by atoms with van der Waals surface area (Å²) in [6.45, 7) is 0. The highest BCUT2D eigenvalue weighted by molar-refractivity contribution is 6.06. The van der Waals surface area contributed by atoms with E-state index >= 15 is 0 Å². The van der Waals surface area contributed by atoms with Crippen molar-refractivity contribution in [1.82, 2.24) is 15.0 Å². The van der Waals surface area contributed by atoms with Gasteiger partial charge < -0.3 is 4.42 Å². The van der Waals surface area contributed by atoms with E-state index in [4.69, 9.17) is 19.4 Å². The summed E-state index contributed by atoms with van der Waals surface area (Å²) in [6.07, 6.45) is 0. The van der Waals surface area contributed by atoms with Crippen LogP contribution in [0.15, 0.2) is 205 Å². The molecule has 0 aliphatic heterocycles. The summed E-state index contributed by atoms with van der Waals surface area (Å²) in [7, 11) is 0. The van der Waals surface area contributed by atoms with Crippen LogP contribution in [0.2, 0.25) is 0 Å². The Morgan fingerprint density at radius 3 is 1.58 bits per heavy atom. The quantitative estimate of drug-likeness (QED) is 0.171. The minimum Gasteiger partial charge on any atom is -0.456 e. The molecule has 0 bridgehead atoms. The lowest BCUT2D eigenvalue weighted by molar-refractivity contribution is 0.669. The maximum absolute atomic E-state index is 6.26. The average molecular weight is 728 g/mol. The highest BCUT2D eigenvalue weighted by Crippen LogP contribution is 2.37. The topological polar surface area (TPSA) is 51.8 Å². The van der Waals surface area contributed by atoms with Crippen LogP contribution in [-0.4, -0.2) is 15.0 Å². The van der Waals surface area contributed by atoms with E-state index in [2.05, 4.69) is 182 Å². The molecule has 9 aromatic carbocycles. The van der Waals surface area contributed by atoms with E-state index in [0.717, 1.165) is 71.8 Å². The van der Waals surface area contributed by atoms with Gasteiger partial charge in [0.1, 0.15) is 11.2 Å². The first-order valence-electron chi connectivity index (χ1n) is 19.2. The number of hydrogen-bond acceptors (Lipinski definition) is 4.